The summed E-state index contributed by atoms with van der Waals surface area (Å²) < 4.78 is 22.9. The highest BCUT2D eigenvalue weighted by atomic mass is 79.9. The fourth-order valence-electron chi connectivity index (χ4n) is 2.67. The number of nitrogens with zero attached hydrogens (tertiary/aromatic N) is 1. The third kappa shape index (κ3) is 3.85. The summed E-state index contributed by atoms with van der Waals surface area (Å²) in [5.74, 6) is 1.58. The Balaban J connectivity index is 1.93. The van der Waals surface area contributed by atoms with E-state index in [1.54, 1.807) is 6.07 Å². The molecule has 0 aliphatic carbocycles. The highest BCUT2D eigenvalue weighted by Crippen LogP contribution is 2.45. The molecule has 148 valence electrons. The Bertz CT molecular complexity index is 1020. The Morgan fingerprint density at radius 1 is 1.14 bits per heavy atom. The zero-order valence-corrected chi connectivity index (χ0v) is 18.2. The normalized spacial score (nSPS) is 10.6. The van der Waals surface area contributed by atoms with Gasteiger partial charge in [-0.05, 0) is 47.1 Å². The first-order chi connectivity index (χ1) is 13.5. The van der Waals surface area contributed by atoms with Gasteiger partial charge in [-0.25, -0.2) is 4.98 Å². The van der Waals surface area contributed by atoms with Gasteiger partial charge in [0.25, 0.3) is 5.91 Å². The summed E-state index contributed by atoms with van der Waals surface area (Å²) >= 11 is 4.79. The molecule has 0 fully saturated rings. The number of hydrogen-bond acceptors (Lipinski definition) is 7. The quantitative estimate of drug-likeness (QED) is 0.541. The summed E-state index contributed by atoms with van der Waals surface area (Å²) in [6, 6.07) is 7.21. The van der Waals surface area contributed by atoms with Gasteiger partial charge in [-0.15, -0.1) is 0 Å². The molecule has 1 N–H and O–H groups in total. The van der Waals surface area contributed by atoms with Crippen LogP contribution in [-0.4, -0.2) is 38.8 Å². The Morgan fingerprint density at radius 3 is 2.54 bits per heavy atom. The van der Waals surface area contributed by atoms with Gasteiger partial charge in [0, 0.05) is 0 Å². The second-order valence-electron chi connectivity index (χ2n) is 5.54. The summed E-state index contributed by atoms with van der Waals surface area (Å²) in [4.78, 5) is 17.3. The second kappa shape index (κ2) is 8.66. The van der Waals surface area contributed by atoms with Crippen molar-refractivity contribution < 1.29 is 23.7 Å². The maximum absolute atomic E-state index is 12.9. The molecule has 9 heteroatoms. The number of aromatic nitrogens is 1. The highest BCUT2D eigenvalue weighted by Gasteiger charge is 2.23. The summed E-state index contributed by atoms with van der Waals surface area (Å²) in [5, 5.41) is 3.31. The maximum Gasteiger partial charge on any atom is 0.258 e. The number of rotatable bonds is 7. The number of nitrogens with one attached hydrogen (secondary N) is 1. The molecule has 0 aliphatic heterocycles. The number of carbonyl (C=O) groups is 1. The molecule has 1 aromatic heterocycles. The minimum Gasteiger partial charge on any atom is -0.494 e. The Hall–Kier alpha value is -2.52. The van der Waals surface area contributed by atoms with Gasteiger partial charge < -0.3 is 18.9 Å². The molecule has 0 aliphatic rings. The number of benzene rings is 2. The van der Waals surface area contributed by atoms with Crippen molar-refractivity contribution in [3.05, 3.63) is 34.3 Å². The summed E-state index contributed by atoms with van der Waals surface area (Å²) in [7, 11) is 4.49. The van der Waals surface area contributed by atoms with Gasteiger partial charge in [-0.3, -0.25) is 10.1 Å². The fourth-order valence-corrected chi connectivity index (χ4v) is 4.19. The average molecular weight is 467 g/mol. The predicted octanol–water partition coefficient (Wildman–Crippen LogP) is 4.74. The van der Waals surface area contributed by atoms with Crippen LogP contribution >= 0.6 is 27.3 Å². The number of ether oxygens (including phenoxy) is 4. The van der Waals surface area contributed by atoms with Crippen LogP contribution in [0.25, 0.3) is 10.2 Å². The molecule has 0 saturated heterocycles. The van der Waals surface area contributed by atoms with Crippen molar-refractivity contribution in [2.45, 2.75) is 6.92 Å². The van der Waals surface area contributed by atoms with Gasteiger partial charge in [-0.1, -0.05) is 11.3 Å². The second-order valence-corrected chi connectivity index (χ2v) is 7.37. The number of amides is 1. The smallest absolute Gasteiger partial charge is 0.258 e. The summed E-state index contributed by atoms with van der Waals surface area (Å²) in [5.41, 5.74) is 1.12. The van der Waals surface area contributed by atoms with E-state index in [9.17, 15) is 4.79 Å². The number of halogens is 1. The molecular weight excluding hydrogens is 448 g/mol. The Morgan fingerprint density at radius 2 is 1.89 bits per heavy atom. The van der Waals surface area contributed by atoms with Crippen molar-refractivity contribution in [1.82, 2.24) is 4.98 Å². The lowest BCUT2D eigenvalue weighted by molar-refractivity contribution is 0.102. The number of carbonyl (C=O) groups excluding carboxylic acids is 1. The molecule has 7 nitrogen and oxygen atoms in total. The van der Waals surface area contributed by atoms with Crippen LogP contribution in [0, 0.1) is 0 Å². The van der Waals surface area contributed by atoms with Crippen molar-refractivity contribution in [2.75, 3.05) is 33.3 Å². The maximum atomic E-state index is 12.9. The lowest BCUT2D eigenvalue weighted by Crippen LogP contribution is -2.13. The molecule has 0 bridgehead atoms. The van der Waals surface area contributed by atoms with Crippen LogP contribution < -0.4 is 24.3 Å². The molecule has 3 aromatic rings. The van der Waals surface area contributed by atoms with E-state index in [1.807, 2.05) is 25.1 Å². The van der Waals surface area contributed by atoms with Gasteiger partial charge in [0.2, 0.25) is 5.75 Å². The van der Waals surface area contributed by atoms with E-state index in [0.29, 0.717) is 39.0 Å². The standard InChI is InChI=1S/C19H19BrN2O5S/c1-5-27-10-6-7-12-14(8-10)28-19(21-12)22-18(23)11-9-13(24-2)16(25-3)17(26-4)15(11)20/h6-9H,5H2,1-4H3,(H,21,22,23). The first kappa shape index (κ1) is 20.2. The third-order valence-corrected chi connectivity index (χ3v) is 5.63. The minimum atomic E-state index is -0.352. The largest absolute Gasteiger partial charge is 0.494 e. The van der Waals surface area contributed by atoms with Crippen LogP contribution in [0.2, 0.25) is 0 Å². The predicted molar refractivity (Wildman–Crippen MR) is 113 cm³/mol. The van der Waals surface area contributed by atoms with Crippen molar-refractivity contribution in [3.8, 4) is 23.0 Å². The fraction of sp³-hybridized carbons (Fsp3) is 0.263. The number of hydrogen-bond donors (Lipinski definition) is 1. The van der Waals surface area contributed by atoms with Crippen LogP contribution in [0.1, 0.15) is 17.3 Å². The van der Waals surface area contributed by atoms with Crippen molar-refractivity contribution in [1.29, 1.82) is 0 Å². The molecule has 0 radical (unpaired) electrons. The zero-order valence-electron chi connectivity index (χ0n) is 15.8. The number of thiazole rings is 1. The van der Waals surface area contributed by atoms with Crippen molar-refractivity contribution in [2.24, 2.45) is 0 Å². The molecule has 0 atom stereocenters. The first-order valence-corrected chi connectivity index (χ1v) is 9.96. The van der Waals surface area contributed by atoms with Crippen LogP contribution in [-0.2, 0) is 0 Å². The molecular formula is C19H19BrN2O5S. The number of anilines is 1. The van der Waals surface area contributed by atoms with E-state index < -0.39 is 0 Å². The lowest BCUT2D eigenvalue weighted by atomic mass is 10.1. The van der Waals surface area contributed by atoms with E-state index in [4.69, 9.17) is 18.9 Å². The number of fused-ring (bicyclic) bond motifs is 1. The van der Waals surface area contributed by atoms with Gasteiger partial charge >= 0.3 is 0 Å². The molecule has 0 unspecified atom stereocenters. The molecule has 1 heterocycles. The van der Waals surface area contributed by atoms with E-state index in [0.717, 1.165) is 16.0 Å². The van der Waals surface area contributed by atoms with Crippen molar-refractivity contribution in [3.63, 3.8) is 0 Å². The molecule has 28 heavy (non-hydrogen) atoms. The monoisotopic (exact) mass is 466 g/mol. The van der Waals surface area contributed by atoms with Crippen LogP contribution in [0.4, 0.5) is 5.13 Å². The zero-order chi connectivity index (χ0) is 20.3. The van der Waals surface area contributed by atoms with Crippen molar-refractivity contribution >= 4 is 48.5 Å². The van der Waals surface area contributed by atoms with Crippen LogP contribution in [0.5, 0.6) is 23.0 Å². The van der Waals surface area contributed by atoms with E-state index in [1.165, 1.54) is 32.7 Å². The topological polar surface area (TPSA) is 78.9 Å². The number of methoxy groups -OCH3 is 3. The van der Waals surface area contributed by atoms with E-state index >= 15 is 0 Å². The minimum absolute atomic E-state index is 0.337. The van der Waals surface area contributed by atoms with Crippen LogP contribution in [0.3, 0.4) is 0 Å². The lowest BCUT2D eigenvalue weighted by Gasteiger charge is -2.16. The Labute approximate surface area is 174 Å². The van der Waals surface area contributed by atoms with Gasteiger partial charge in [0.1, 0.15) is 5.75 Å². The molecule has 1 amide bonds. The molecule has 2 aromatic carbocycles. The Kier molecular flexibility index (Phi) is 6.25. The summed E-state index contributed by atoms with van der Waals surface area (Å²) in [6.45, 7) is 2.51. The molecule has 3 rings (SSSR count). The van der Waals surface area contributed by atoms with Gasteiger partial charge in [0.05, 0.1) is 48.2 Å². The summed E-state index contributed by atoms with van der Waals surface area (Å²) in [6.07, 6.45) is 0. The highest BCUT2D eigenvalue weighted by molar-refractivity contribution is 9.10. The molecule has 0 spiro atoms. The first-order valence-electron chi connectivity index (χ1n) is 8.35. The van der Waals surface area contributed by atoms with E-state index in [2.05, 4.69) is 26.2 Å². The van der Waals surface area contributed by atoms with E-state index in [-0.39, 0.29) is 5.91 Å². The van der Waals surface area contributed by atoms with Gasteiger partial charge in [0.15, 0.2) is 16.6 Å². The average Bonchev–Trinajstić information content (AvgIpc) is 3.08. The van der Waals surface area contributed by atoms with Crippen LogP contribution in [0.15, 0.2) is 28.7 Å². The molecule has 0 saturated carbocycles. The van der Waals surface area contributed by atoms with Gasteiger partial charge in [-0.2, -0.15) is 0 Å². The third-order valence-electron chi connectivity index (χ3n) is 3.91. The SMILES string of the molecule is CCOc1ccc2nc(NC(=O)c3cc(OC)c(OC)c(OC)c3Br)sc2c1.